The van der Waals surface area contributed by atoms with Gasteiger partial charge in [-0.2, -0.15) is 0 Å². The number of aromatic nitrogens is 2. The molecule has 0 radical (unpaired) electrons. The summed E-state index contributed by atoms with van der Waals surface area (Å²) in [4.78, 5) is 22.6. The first kappa shape index (κ1) is 17.7. The number of amides is 1. The van der Waals surface area contributed by atoms with Crippen molar-refractivity contribution in [3.63, 3.8) is 0 Å². The summed E-state index contributed by atoms with van der Waals surface area (Å²) in [5.74, 6) is 0.431. The summed E-state index contributed by atoms with van der Waals surface area (Å²) in [6.45, 7) is 0.582. The smallest absolute Gasteiger partial charge is 0.223 e. The predicted octanol–water partition coefficient (Wildman–Crippen LogP) is 4.40. The van der Waals surface area contributed by atoms with Crippen molar-refractivity contribution in [1.29, 1.82) is 0 Å². The van der Waals surface area contributed by atoms with E-state index in [4.69, 9.17) is 4.42 Å². The zero-order valence-corrected chi connectivity index (χ0v) is 15.8. The fraction of sp³-hybridized carbons (Fsp3) is 0.217. The van der Waals surface area contributed by atoms with E-state index in [2.05, 4.69) is 9.97 Å². The molecule has 0 spiro atoms. The quantitative estimate of drug-likeness (QED) is 0.563. The van der Waals surface area contributed by atoms with Crippen molar-refractivity contribution in [3.8, 4) is 0 Å². The van der Waals surface area contributed by atoms with Crippen molar-refractivity contribution in [2.45, 2.75) is 25.3 Å². The number of para-hydroxylation sites is 1. The Morgan fingerprint density at radius 2 is 2.10 bits per heavy atom. The van der Waals surface area contributed by atoms with Crippen molar-refractivity contribution >= 4 is 16.9 Å². The summed E-state index contributed by atoms with van der Waals surface area (Å²) in [6, 6.07) is 15.8. The van der Waals surface area contributed by atoms with Gasteiger partial charge in [-0.3, -0.25) is 4.79 Å². The zero-order chi connectivity index (χ0) is 19.8. The highest BCUT2D eigenvalue weighted by Gasteiger charge is 2.36. The number of carbonyl (C=O) groups is 1. The Morgan fingerprint density at radius 3 is 2.97 bits per heavy atom. The number of furan rings is 1. The molecule has 5 rings (SSSR count). The van der Waals surface area contributed by atoms with E-state index in [0.717, 1.165) is 34.3 Å². The van der Waals surface area contributed by atoms with E-state index in [1.54, 1.807) is 12.4 Å². The van der Waals surface area contributed by atoms with E-state index in [9.17, 15) is 9.18 Å². The first-order valence-corrected chi connectivity index (χ1v) is 9.73. The molecule has 1 amide bonds. The van der Waals surface area contributed by atoms with Crippen LogP contribution in [0.15, 0.2) is 65.3 Å². The van der Waals surface area contributed by atoms with Crippen LogP contribution >= 0.6 is 0 Å². The number of imidazole rings is 1. The number of rotatable bonds is 4. The molecule has 0 saturated heterocycles. The van der Waals surface area contributed by atoms with Gasteiger partial charge in [0.15, 0.2) is 0 Å². The monoisotopic (exact) mass is 389 g/mol. The van der Waals surface area contributed by atoms with Crippen molar-refractivity contribution in [3.05, 3.63) is 89.5 Å². The maximum absolute atomic E-state index is 13.4. The van der Waals surface area contributed by atoms with Crippen LogP contribution in [-0.4, -0.2) is 27.3 Å². The van der Waals surface area contributed by atoms with Crippen LogP contribution in [0.1, 0.15) is 35.2 Å². The van der Waals surface area contributed by atoms with Gasteiger partial charge < -0.3 is 14.3 Å². The lowest BCUT2D eigenvalue weighted by Gasteiger charge is -2.33. The summed E-state index contributed by atoms with van der Waals surface area (Å²) >= 11 is 0. The molecule has 0 bridgehead atoms. The second-order valence-corrected chi connectivity index (χ2v) is 7.32. The van der Waals surface area contributed by atoms with E-state index in [1.807, 2.05) is 41.3 Å². The van der Waals surface area contributed by atoms with Crippen molar-refractivity contribution in [1.82, 2.24) is 14.9 Å². The Bertz CT molecular complexity index is 1150. The third kappa shape index (κ3) is 3.31. The molecule has 146 valence electrons. The average Bonchev–Trinajstić information content (AvgIpc) is 3.37. The summed E-state index contributed by atoms with van der Waals surface area (Å²) in [5, 5.41) is 0.998. The molecule has 29 heavy (non-hydrogen) atoms. The van der Waals surface area contributed by atoms with Gasteiger partial charge in [-0.05, 0) is 36.2 Å². The fourth-order valence-corrected chi connectivity index (χ4v) is 4.06. The van der Waals surface area contributed by atoms with Crippen molar-refractivity contribution < 1.29 is 13.6 Å². The van der Waals surface area contributed by atoms with Crippen LogP contribution < -0.4 is 0 Å². The number of aromatic amines is 1. The molecule has 1 atom stereocenters. The normalized spacial score (nSPS) is 16.2. The number of hydrogen-bond donors (Lipinski definition) is 1. The van der Waals surface area contributed by atoms with Gasteiger partial charge in [-0.25, -0.2) is 9.37 Å². The molecule has 2 aromatic heterocycles. The molecule has 1 aliphatic rings. The van der Waals surface area contributed by atoms with Gasteiger partial charge in [0.25, 0.3) is 0 Å². The van der Waals surface area contributed by atoms with Gasteiger partial charge in [-0.1, -0.05) is 30.3 Å². The topological polar surface area (TPSA) is 62.1 Å². The average molecular weight is 389 g/mol. The molecule has 0 unspecified atom stereocenters. The Kier molecular flexibility index (Phi) is 4.39. The molecule has 0 saturated carbocycles. The van der Waals surface area contributed by atoms with Crippen LogP contribution in [-0.2, 0) is 17.6 Å². The Morgan fingerprint density at radius 1 is 1.21 bits per heavy atom. The first-order chi connectivity index (χ1) is 14.2. The SMILES string of the molecule is O=C(CCc1cccc(F)c1)N1CCc2[nH]cnc2[C@@H]1c1cc2ccccc2o1. The number of nitrogens with one attached hydrogen (secondary N) is 1. The van der Waals surface area contributed by atoms with E-state index < -0.39 is 0 Å². The molecule has 1 N–H and O–H groups in total. The first-order valence-electron chi connectivity index (χ1n) is 9.73. The summed E-state index contributed by atoms with van der Waals surface area (Å²) in [6.07, 6.45) is 3.19. The third-order valence-corrected chi connectivity index (χ3v) is 5.48. The minimum Gasteiger partial charge on any atom is -0.458 e. The standard InChI is InChI=1S/C23H20FN3O2/c24-17-6-3-4-15(12-17)8-9-21(28)27-11-10-18-22(26-14-25-18)23(27)20-13-16-5-1-2-7-19(16)29-20/h1-7,12-14,23H,8-11H2,(H,25,26)/t23-/m0/s1. The molecule has 6 heteroatoms. The van der Waals surface area contributed by atoms with Crippen LogP contribution in [0.3, 0.4) is 0 Å². The van der Waals surface area contributed by atoms with Crippen LogP contribution in [0, 0.1) is 5.82 Å². The second-order valence-electron chi connectivity index (χ2n) is 7.32. The van der Waals surface area contributed by atoms with Crippen molar-refractivity contribution in [2.75, 3.05) is 6.54 Å². The Balaban J connectivity index is 1.45. The highest BCUT2D eigenvalue weighted by molar-refractivity contribution is 5.80. The van der Waals surface area contributed by atoms with Crippen LogP contribution in [0.2, 0.25) is 0 Å². The van der Waals surface area contributed by atoms with Gasteiger partial charge in [0.2, 0.25) is 5.91 Å². The molecule has 5 nitrogen and oxygen atoms in total. The maximum atomic E-state index is 13.4. The summed E-state index contributed by atoms with van der Waals surface area (Å²) in [5.41, 5.74) is 3.47. The fourth-order valence-electron chi connectivity index (χ4n) is 4.06. The number of carbonyl (C=O) groups excluding carboxylic acids is 1. The maximum Gasteiger partial charge on any atom is 0.223 e. The highest BCUT2D eigenvalue weighted by Crippen LogP contribution is 2.36. The lowest BCUT2D eigenvalue weighted by molar-refractivity contribution is -0.133. The molecule has 1 aliphatic heterocycles. The third-order valence-electron chi connectivity index (χ3n) is 5.48. The molecule has 4 aromatic rings. The largest absolute Gasteiger partial charge is 0.458 e. The van der Waals surface area contributed by atoms with E-state index in [-0.39, 0.29) is 17.8 Å². The summed E-state index contributed by atoms with van der Waals surface area (Å²) in [7, 11) is 0. The van der Waals surface area contributed by atoms with Gasteiger partial charge in [-0.15, -0.1) is 0 Å². The lowest BCUT2D eigenvalue weighted by Crippen LogP contribution is -2.40. The molecular weight excluding hydrogens is 369 g/mol. The van der Waals surface area contributed by atoms with Crippen LogP contribution in [0.5, 0.6) is 0 Å². The van der Waals surface area contributed by atoms with E-state index in [1.165, 1.54) is 12.1 Å². The number of halogens is 1. The predicted molar refractivity (Wildman–Crippen MR) is 107 cm³/mol. The van der Waals surface area contributed by atoms with E-state index in [0.29, 0.717) is 25.1 Å². The number of aryl methyl sites for hydroxylation is 1. The van der Waals surface area contributed by atoms with E-state index >= 15 is 0 Å². The number of H-pyrrole nitrogens is 1. The van der Waals surface area contributed by atoms with Gasteiger partial charge in [0.05, 0.1) is 12.0 Å². The molecular formula is C23H20FN3O2. The van der Waals surface area contributed by atoms with Gasteiger partial charge in [0.1, 0.15) is 23.2 Å². The zero-order valence-electron chi connectivity index (χ0n) is 15.8. The number of fused-ring (bicyclic) bond motifs is 2. The van der Waals surface area contributed by atoms with Gasteiger partial charge >= 0.3 is 0 Å². The number of benzene rings is 2. The number of nitrogens with zero attached hydrogens (tertiary/aromatic N) is 2. The second kappa shape index (κ2) is 7.20. The van der Waals surface area contributed by atoms with Gasteiger partial charge in [0, 0.05) is 30.5 Å². The molecule has 0 aliphatic carbocycles. The minimum atomic E-state index is -0.364. The van der Waals surface area contributed by atoms with Crippen LogP contribution in [0.4, 0.5) is 4.39 Å². The van der Waals surface area contributed by atoms with Crippen molar-refractivity contribution in [2.24, 2.45) is 0 Å². The number of hydrogen-bond acceptors (Lipinski definition) is 3. The lowest BCUT2D eigenvalue weighted by atomic mass is 9.99. The molecule has 0 fully saturated rings. The molecule has 2 aromatic carbocycles. The Hall–Kier alpha value is -3.41. The Labute approximate surface area is 167 Å². The minimum absolute atomic E-state index is 0.00775. The molecule has 3 heterocycles. The van der Waals surface area contributed by atoms with Crippen LogP contribution in [0.25, 0.3) is 11.0 Å². The highest BCUT2D eigenvalue weighted by atomic mass is 19.1. The summed E-state index contributed by atoms with van der Waals surface area (Å²) < 4.78 is 19.5.